The third-order valence-corrected chi connectivity index (χ3v) is 5.28. The van der Waals surface area contributed by atoms with Crippen LogP contribution in [0.1, 0.15) is 49.6 Å². The van der Waals surface area contributed by atoms with E-state index in [4.69, 9.17) is 4.74 Å². The number of morpholine rings is 1. The molecule has 1 aliphatic heterocycles. The molecule has 0 bridgehead atoms. The van der Waals surface area contributed by atoms with Gasteiger partial charge in [0.05, 0.1) is 25.2 Å². The maximum Gasteiger partial charge on any atom is 0.225 e. The first-order chi connectivity index (χ1) is 10.2. The van der Waals surface area contributed by atoms with E-state index < -0.39 is 5.60 Å². The summed E-state index contributed by atoms with van der Waals surface area (Å²) in [6, 6.07) is 0. The van der Waals surface area contributed by atoms with E-state index in [0.29, 0.717) is 19.7 Å². The summed E-state index contributed by atoms with van der Waals surface area (Å²) in [5, 5.41) is 13.4. The summed E-state index contributed by atoms with van der Waals surface area (Å²) in [7, 11) is 0. The van der Waals surface area contributed by atoms with Crippen molar-refractivity contribution in [1.29, 1.82) is 0 Å². The summed E-state index contributed by atoms with van der Waals surface area (Å²) >= 11 is 1.55. The van der Waals surface area contributed by atoms with Crippen molar-refractivity contribution in [2.45, 2.75) is 50.2 Å². The van der Waals surface area contributed by atoms with Crippen molar-refractivity contribution in [3.63, 3.8) is 0 Å². The van der Waals surface area contributed by atoms with Gasteiger partial charge in [0.2, 0.25) is 5.91 Å². The predicted molar refractivity (Wildman–Crippen MR) is 80.0 cm³/mol. The number of carbonyl (C=O) groups excluding carboxylic acids is 1. The third kappa shape index (κ3) is 3.62. The Bertz CT molecular complexity index is 471. The number of thiazole rings is 1. The van der Waals surface area contributed by atoms with Gasteiger partial charge in [0.25, 0.3) is 0 Å². The van der Waals surface area contributed by atoms with E-state index in [0.717, 1.165) is 30.7 Å². The van der Waals surface area contributed by atoms with Gasteiger partial charge in [-0.2, -0.15) is 0 Å². The van der Waals surface area contributed by atoms with Gasteiger partial charge in [-0.15, -0.1) is 11.3 Å². The summed E-state index contributed by atoms with van der Waals surface area (Å²) in [6.07, 6.45) is 6.59. The number of carbonyl (C=O) groups is 1. The van der Waals surface area contributed by atoms with Crippen molar-refractivity contribution in [2.75, 3.05) is 19.7 Å². The zero-order chi connectivity index (χ0) is 14.7. The van der Waals surface area contributed by atoms with Crippen LogP contribution in [-0.4, -0.2) is 46.2 Å². The first-order valence-electron chi connectivity index (χ1n) is 7.67. The Hall–Kier alpha value is -0.980. The van der Waals surface area contributed by atoms with Crippen LogP contribution < -0.4 is 0 Å². The van der Waals surface area contributed by atoms with Crippen LogP contribution in [0.3, 0.4) is 0 Å². The standard InChI is InChI=1S/C15H22N2O3S/c18-13(10-15(19)4-2-1-3-5-15)17-7-8-20-12(11-17)14-16-6-9-21-14/h6,9,12,19H,1-5,7-8,10-11H2. The Balaban J connectivity index is 1.59. The van der Waals surface area contributed by atoms with Crippen molar-refractivity contribution in [1.82, 2.24) is 9.88 Å². The van der Waals surface area contributed by atoms with Crippen molar-refractivity contribution < 1.29 is 14.6 Å². The Labute approximate surface area is 128 Å². The van der Waals surface area contributed by atoms with Crippen LogP contribution in [-0.2, 0) is 9.53 Å². The minimum absolute atomic E-state index is 0.0456. The molecule has 1 aromatic heterocycles. The van der Waals surface area contributed by atoms with E-state index in [1.54, 1.807) is 17.5 Å². The van der Waals surface area contributed by atoms with Gasteiger partial charge < -0.3 is 14.7 Å². The molecule has 5 nitrogen and oxygen atoms in total. The largest absolute Gasteiger partial charge is 0.389 e. The molecule has 1 atom stereocenters. The predicted octanol–water partition coefficient (Wildman–Crippen LogP) is 2.13. The van der Waals surface area contributed by atoms with Crippen LogP contribution in [0, 0.1) is 0 Å². The maximum atomic E-state index is 12.5. The molecule has 116 valence electrons. The average molecular weight is 310 g/mol. The molecule has 2 heterocycles. The molecular formula is C15H22N2O3S. The second-order valence-corrected chi connectivity index (χ2v) is 6.96. The Morgan fingerprint density at radius 2 is 2.29 bits per heavy atom. The molecule has 2 fully saturated rings. The van der Waals surface area contributed by atoms with Gasteiger partial charge in [0.15, 0.2) is 0 Å². The topological polar surface area (TPSA) is 62.7 Å². The van der Waals surface area contributed by atoms with E-state index in [1.165, 1.54) is 6.42 Å². The zero-order valence-corrected chi connectivity index (χ0v) is 13.0. The summed E-state index contributed by atoms with van der Waals surface area (Å²) in [5.41, 5.74) is -0.787. The summed E-state index contributed by atoms with van der Waals surface area (Å²) < 4.78 is 5.71. The van der Waals surface area contributed by atoms with Crippen molar-refractivity contribution in [2.24, 2.45) is 0 Å². The Morgan fingerprint density at radius 3 is 3.00 bits per heavy atom. The number of hydrogen-bond acceptors (Lipinski definition) is 5. The molecule has 21 heavy (non-hydrogen) atoms. The second kappa shape index (κ2) is 6.42. The molecule has 1 N–H and O–H groups in total. The second-order valence-electron chi connectivity index (χ2n) is 6.03. The van der Waals surface area contributed by atoms with Gasteiger partial charge in [0.1, 0.15) is 11.1 Å². The molecule has 3 rings (SSSR count). The molecule has 0 aromatic carbocycles. The van der Waals surface area contributed by atoms with Gasteiger partial charge in [-0.1, -0.05) is 19.3 Å². The summed E-state index contributed by atoms with van der Waals surface area (Å²) in [4.78, 5) is 18.6. The molecule has 1 unspecified atom stereocenters. The van der Waals surface area contributed by atoms with Crippen LogP contribution >= 0.6 is 11.3 Å². The van der Waals surface area contributed by atoms with Crippen molar-refractivity contribution >= 4 is 17.2 Å². The monoisotopic (exact) mass is 310 g/mol. The third-order valence-electron chi connectivity index (χ3n) is 4.41. The number of nitrogens with zero attached hydrogens (tertiary/aromatic N) is 2. The van der Waals surface area contributed by atoms with Gasteiger partial charge in [-0.05, 0) is 12.8 Å². The van der Waals surface area contributed by atoms with Gasteiger partial charge in [-0.3, -0.25) is 4.79 Å². The fraction of sp³-hybridized carbons (Fsp3) is 0.733. The lowest BCUT2D eigenvalue weighted by Crippen LogP contribution is -2.46. The van der Waals surface area contributed by atoms with Crippen LogP contribution in [0.15, 0.2) is 11.6 Å². The van der Waals surface area contributed by atoms with Gasteiger partial charge >= 0.3 is 0 Å². The van der Waals surface area contributed by atoms with Gasteiger partial charge in [0, 0.05) is 18.1 Å². The fourth-order valence-corrected chi connectivity index (χ4v) is 3.88. The molecular weight excluding hydrogens is 288 g/mol. The van der Waals surface area contributed by atoms with E-state index in [9.17, 15) is 9.90 Å². The minimum atomic E-state index is -0.787. The number of amides is 1. The molecule has 0 radical (unpaired) electrons. The lowest BCUT2D eigenvalue weighted by molar-refractivity contribution is -0.145. The molecule has 0 spiro atoms. The molecule has 2 aliphatic rings. The van der Waals surface area contributed by atoms with Gasteiger partial charge in [-0.25, -0.2) is 4.98 Å². The van der Waals surface area contributed by atoms with E-state index in [-0.39, 0.29) is 18.4 Å². The minimum Gasteiger partial charge on any atom is -0.389 e. The van der Waals surface area contributed by atoms with Crippen molar-refractivity contribution in [3.05, 3.63) is 16.6 Å². The molecule has 1 saturated heterocycles. The van der Waals surface area contributed by atoms with Crippen LogP contribution in [0.25, 0.3) is 0 Å². The molecule has 1 aromatic rings. The Kier molecular flexibility index (Phi) is 4.57. The lowest BCUT2D eigenvalue weighted by Gasteiger charge is -2.36. The SMILES string of the molecule is O=C(CC1(O)CCCCC1)N1CCOC(c2nccs2)C1. The number of hydrogen-bond donors (Lipinski definition) is 1. The number of rotatable bonds is 3. The number of aliphatic hydroxyl groups is 1. The smallest absolute Gasteiger partial charge is 0.225 e. The normalized spacial score (nSPS) is 25.8. The fourth-order valence-electron chi connectivity index (χ4n) is 3.20. The van der Waals surface area contributed by atoms with E-state index in [1.807, 2.05) is 10.3 Å². The van der Waals surface area contributed by atoms with Crippen LogP contribution in [0.2, 0.25) is 0 Å². The highest BCUT2D eigenvalue weighted by Crippen LogP contribution is 2.32. The highest BCUT2D eigenvalue weighted by atomic mass is 32.1. The van der Waals surface area contributed by atoms with Crippen LogP contribution in [0.4, 0.5) is 0 Å². The van der Waals surface area contributed by atoms with E-state index in [2.05, 4.69) is 4.98 Å². The average Bonchev–Trinajstić information content (AvgIpc) is 3.02. The molecule has 6 heteroatoms. The number of aromatic nitrogens is 1. The highest BCUT2D eigenvalue weighted by Gasteiger charge is 2.35. The maximum absolute atomic E-state index is 12.5. The molecule has 1 aliphatic carbocycles. The van der Waals surface area contributed by atoms with E-state index >= 15 is 0 Å². The lowest BCUT2D eigenvalue weighted by atomic mass is 9.82. The van der Waals surface area contributed by atoms with Crippen molar-refractivity contribution in [3.8, 4) is 0 Å². The summed E-state index contributed by atoms with van der Waals surface area (Å²) in [6.45, 7) is 1.69. The summed E-state index contributed by atoms with van der Waals surface area (Å²) in [5.74, 6) is 0.0456. The quantitative estimate of drug-likeness (QED) is 0.929. The highest BCUT2D eigenvalue weighted by molar-refractivity contribution is 7.09. The first kappa shape index (κ1) is 14.9. The zero-order valence-electron chi connectivity index (χ0n) is 12.2. The molecule has 1 amide bonds. The first-order valence-corrected chi connectivity index (χ1v) is 8.55. The molecule has 1 saturated carbocycles. The Morgan fingerprint density at radius 1 is 1.48 bits per heavy atom. The van der Waals surface area contributed by atoms with Crippen LogP contribution in [0.5, 0.6) is 0 Å². The number of ether oxygens (including phenoxy) is 1.